The molecule has 0 spiro atoms. The Morgan fingerprint density at radius 1 is 1.05 bits per heavy atom. The highest BCUT2D eigenvalue weighted by atomic mass is 35.5. The number of alkyl halides is 1. The summed E-state index contributed by atoms with van der Waals surface area (Å²) in [5.74, 6) is -0.931. The Kier molecular flexibility index (Phi) is 3.75. The maximum atomic E-state index is 13.8. The van der Waals surface area contributed by atoms with Gasteiger partial charge in [0.05, 0.1) is 5.38 Å². The molecule has 2 aromatic rings. The van der Waals surface area contributed by atoms with E-state index in [-0.39, 0.29) is 5.92 Å². The molecule has 0 N–H and O–H groups in total. The lowest BCUT2D eigenvalue weighted by atomic mass is 9.80. The third-order valence-electron chi connectivity index (χ3n) is 4.06. The van der Waals surface area contributed by atoms with Gasteiger partial charge in [0.15, 0.2) is 0 Å². The van der Waals surface area contributed by atoms with Crippen LogP contribution in [0.2, 0.25) is 0 Å². The number of halogens is 3. The van der Waals surface area contributed by atoms with E-state index in [4.69, 9.17) is 11.6 Å². The van der Waals surface area contributed by atoms with Crippen LogP contribution in [0.5, 0.6) is 0 Å². The first kappa shape index (κ1) is 13.6. The fourth-order valence-electron chi connectivity index (χ4n) is 2.95. The van der Waals surface area contributed by atoms with Gasteiger partial charge in [-0.25, -0.2) is 8.78 Å². The third-order valence-corrected chi connectivity index (χ3v) is 4.65. The Morgan fingerprint density at radius 2 is 1.80 bits per heavy atom. The van der Waals surface area contributed by atoms with Crippen molar-refractivity contribution in [2.45, 2.75) is 24.6 Å². The highest BCUT2D eigenvalue weighted by Gasteiger charge is 2.27. The standard InChI is InChI=1S/C17H15ClF2/c18-17(15-8-7-14(19)10-16(15)20)13-6-5-11-3-1-2-4-12(11)9-13/h1-4,7-8,10,13,17H,5-6,9H2. The SMILES string of the molecule is Fc1ccc(C(Cl)C2CCc3ccccc3C2)c(F)c1. The number of benzene rings is 2. The maximum Gasteiger partial charge on any atom is 0.130 e. The van der Waals surface area contributed by atoms with E-state index in [2.05, 4.69) is 12.1 Å². The number of fused-ring (bicyclic) bond motifs is 1. The van der Waals surface area contributed by atoms with Crippen LogP contribution in [0.3, 0.4) is 0 Å². The van der Waals surface area contributed by atoms with Crippen LogP contribution in [0.15, 0.2) is 42.5 Å². The lowest BCUT2D eigenvalue weighted by Crippen LogP contribution is -2.19. The third kappa shape index (κ3) is 2.57. The highest BCUT2D eigenvalue weighted by Crippen LogP contribution is 2.39. The van der Waals surface area contributed by atoms with Gasteiger partial charge in [0.25, 0.3) is 0 Å². The van der Waals surface area contributed by atoms with E-state index in [1.54, 1.807) is 0 Å². The minimum Gasteiger partial charge on any atom is -0.207 e. The van der Waals surface area contributed by atoms with E-state index >= 15 is 0 Å². The van der Waals surface area contributed by atoms with Crippen molar-refractivity contribution >= 4 is 11.6 Å². The van der Waals surface area contributed by atoms with Crippen LogP contribution < -0.4 is 0 Å². The molecule has 20 heavy (non-hydrogen) atoms. The molecule has 0 aliphatic heterocycles. The van der Waals surface area contributed by atoms with Gasteiger partial charge in [-0.1, -0.05) is 30.3 Å². The number of rotatable bonds is 2. The summed E-state index contributed by atoms with van der Waals surface area (Å²) in [6.45, 7) is 0. The Hall–Kier alpha value is -1.41. The number of aryl methyl sites for hydroxylation is 1. The molecule has 0 radical (unpaired) electrons. The molecule has 0 aromatic heterocycles. The molecule has 0 amide bonds. The largest absolute Gasteiger partial charge is 0.207 e. The molecule has 1 aliphatic rings. The first-order valence-corrected chi connectivity index (χ1v) is 7.24. The van der Waals surface area contributed by atoms with E-state index in [0.29, 0.717) is 5.56 Å². The summed E-state index contributed by atoms with van der Waals surface area (Å²) in [5.41, 5.74) is 3.04. The molecule has 3 rings (SSSR count). The van der Waals surface area contributed by atoms with Crippen molar-refractivity contribution in [1.29, 1.82) is 0 Å². The molecular formula is C17H15ClF2. The van der Waals surface area contributed by atoms with Crippen molar-refractivity contribution in [2.75, 3.05) is 0 Å². The summed E-state index contributed by atoms with van der Waals surface area (Å²) in [6, 6.07) is 11.9. The smallest absolute Gasteiger partial charge is 0.130 e. The van der Waals surface area contributed by atoms with Crippen LogP contribution in [0, 0.1) is 17.6 Å². The van der Waals surface area contributed by atoms with E-state index in [9.17, 15) is 8.78 Å². The zero-order valence-electron chi connectivity index (χ0n) is 11.0. The monoisotopic (exact) mass is 292 g/mol. The van der Waals surface area contributed by atoms with Gasteiger partial charge in [0.1, 0.15) is 11.6 Å². The zero-order valence-corrected chi connectivity index (χ0v) is 11.7. The molecule has 0 bridgehead atoms. The van der Waals surface area contributed by atoms with Gasteiger partial charge < -0.3 is 0 Å². The van der Waals surface area contributed by atoms with Crippen LogP contribution in [-0.4, -0.2) is 0 Å². The summed E-state index contributed by atoms with van der Waals surface area (Å²) in [6.07, 6.45) is 2.75. The summed E-state index contributed by atoms with van der Waals surface area (Å²) < 4.78 is 26.8. The zero-order chi connectivity index (χ0) is 14.1. The van der Waals surface area contributed by atoms with Crippen LogP contribution in [0.4, 0.5) is 8.78 Å². The van der Waals surface area contributed by atoms with Gasteiger partial charge in [-0.05, 0) is 42.4 Å². The van der Waals surface area contributed by atoms with E-state index in [1.807, 2.05) is 12.1 Å². The lowest BCUT2D eigenvalue weighted by Gasteiger charge is -2.28. The number of hydrogen-bond acceptors (Lipinski definition) is 0. The van der Waals surface area contributed by atoms with E-state index in [1.165, 1.54) is 23.3 Å². The molecule has 0 saturated carbocycles. The minimum absolute atomic E-state index is 0.187. The predicted octanol–water partition coefficient (Wildman–Crippen LogP) is 5.05. The molecule has 0 saturated heterocycles. The second kappa shape index (κ2) is 5.53. The summed E-state index contributed by atoms with van der Waals surface area (Å²) in [7, 11) is 0. The number of hydrogen-bond donors (Lipinski definition) is 0. The van der Waals surface area contributed by atoms with Gasteiger partial charge in [-0.3, -0.25) is 0 Å². The van der Waals surface area contributed by atoms with Crippen molar-refractivity contribution in [3.8, 4) is 0 Å². The second-order valence-electron chi connectivity index (χ2n) is 5.34. The van der Waals surface area contributed by atoms with Crippen molar-refractivity contribution in [1.82, 2.24) is 0 Å². The molecule has 0 fully saturated rings. The molecular weight excluding hydrogens is 278 g/mol. The van der Waals surface area contributed by atoms with Crippen molar-refractivity contribution in [3.05, 3.63) is 70.8 Å². The molecule has 104 valence electrons. The average Bonchev–Trinajstić information content (AvgIpc) is 2.46. The van der Waals surface area contributed by atoms with Crippen molar-refractivity contribution in [2.24, 2.45) is 5.92 Å². The summed E-state index contributed by atoms with van der Waals surface area (Å²) in [5, 5.41) is -0.413. The molecule has 0 nitrogen and oxygen atoms in total. The van der Waals surface area contributed by atoms with Gasteiger partial charge in [0, 0.05) is 11.6 Å². The first-order valence-electron chi connectivity index (χ1n) is 6.81. The summed E-state index contributed by atoms with van der Waals surface area (Å²) in [4.78, 5) is 0. The molecule has 2 atom stereocenters. The minimum atomic E-state index is -0.566. The van der Waals surface area contributed by atoms with Crippen molar-refractivity contribution < 1.29 is 8.78 Å². The van der Waals surface area contributed by atoms with Crippen LogP contribution in [0.25, 0.3) is 0 Å². The first-order chi connectivity index (χ1) is 9.65. The fourth-order valence-corrected chi connectivity index (χ4v) is 3.35. The maximum absolute atomic E-state index is 13.8. The van der Waals surface area contributed by atoms with Crippen molar-refractivity contribution in [3.63, 3.8) is 0 Å². The van der Waals surface area contributed by atoms with Gasteiger partial charge in [-0.15, -0.1) is 11.6 Å². The summed E-state index contributed by atoms with van der Waals surface area (Å²) >= 11 is 6.45. The Morgan fingerprint density at radius 3 is 2.55 bits per heavy atom. The Bertz CT molecular complexity index is 624. The quantitative estimate of drug-likeness (QED) is 0.680. The highest BCUT2D eigenvalue weighted by molar-refractivity contribution is 6.21. The lowest BCUT2D eigenvalue weighted by molar-refractivity contribution is 0.432. The topological polar surface area (TPSA) is 0 Å². The van der Waals surface area contributed by atoms with Crippen LogP contribution in [-0.2, 0) is 12.8 Å². The van der Waals surface area contributed by atoms with E-state index in [0.717, 1.165) is 25.3 Å². The fraction of sp³-hybridized carbons (Fsp3) is 0.294. The Labute approximate surface area is 122 Å². The van der Waals surface area contributed by atoms with Gasteiger partial charge >= 0.3 is 0 Å². The van der Waals surface area contributed by atoms with Gasteiger partial charge in [-0.2, -0.15) is 0 Å². The average molecular weight is 293 g/mol. The van der Waals surface area contributed by atoms with Crippen LogP contribution >= 0.6 is 11.6 Å². The molecule has 2 unspecified atom stereocenters. The second-order valence-corrected chi connectivity index (χ2v) is 5.81. The molecule has 2 aromatic carbocycles. The van der Waals surface area contributed by atoms with E-state index < -0.39 is 17.0 Å². The Balaban J connectivity index is 1.84. The molecule has 3 heteroatoms. The molecule has 0 heterocycles. The predicted molar refractivity (Wildman–Crippen MR) is 76.9 cm³/mol. The van der Waals surface area contributed by atoms with Gasteiger partial charge in [0.2, 0.25) is 0 Å². The molecule has 1 aliphatic carbocycles. The van der Waals surface area contributed by atoms with Crippen LogP contribution in [0.1, 0.15) is 28.5 Å². The normalized spacial score (nSPS) is 19.4.